The molecule has 0 bridgehead atoms. The van der Waals surface area contributed by atoms with Crippen molar-refractivity contribution in [3.05, 3.63) is 63.4 Å². The van der Waals surface area contributed by atoms with Crippen LogP contribution in [0.4, 0.5) is 24.5 Å². The van der Waals surface area contributed by atoms with Gasteiger partial charge in [-0.15, -0.1) is 0 Å². The number of carbonyl (C=O) groups is 2. The van der Waals surface area contributed by atoms with Crippen molar-refractivity contribution in [2.45, 2.75) is 12.7 Å². The highest BCUT2D eigenvalue weighted by Crippen LogP contribution is 2.31. The summed E-state index contributed by atoms with van der Waals surface area (Å²) in [4.78, 5) is 37.5. The highest BCUT2D eigenvalue weighted by molar-refractivity contribution is 6.34. The van der Waals surface area contributed by atoms with Crippen molar-refractivity contribution >= 4 is 45.9 Å². The Hall–Kier alpha value is -3.67. The van der Waals surface area contributed by atoms with Gasteiger partial charge in [0.25, 0.3) is 11.6 Å². The monoisotopic (exact) mass is 456 g/mol. The Balaban J connectivity index is 1.66. The lowest BCUT2D eigenvalue weighted by Gasteiger charge is -2.11. The number of anilines is 1. The van der Waals surface area contributed by atoms with Gasteiger partial charge < -0.3 is 14.6 Å². The number of rotatable bonds is 6. The van der Waals surface area contributed by atoms with Crippen molar-refractivity contribution in [2.24, 2.45) is 0 Å². The molecule has 0 unspecified atom stereocenters. The Bertz CT molecular complexity index is 1180. The van der Waals surface area contributed by atoms with Crippen molar-refractivity contribution in [3.63, 3.8) is 0 Å². The van der Waals surface area contributed by atoms with Gasteiger partial charge in [0.1, 0.15) is 6.54 Å². The van der Waals surface area contributed by atoms with Gasteiger partial charge in [0, 0.05) is 12.1 Å². The Morgan fingerprint density at radius 3 is 2.58 bits per heavy atom. The van der Waals surface area contributed by atoms with Crippen LogP contribution in [0.3, 0.4) is 0 Å². The molecule has 162 valence electrons. The summed E-state index contributed by atoms with van der Waals surface area (Å²) in [5.74, 6) is -3.21. The molecular weight excluding hydrogens is 445 g/mol. The van der Waals surface area contributed by atoms with E-state index >= 15 is 0 Å². The molecule has 13 heteroatoms. The van der Waals surface area contributed by atoms with Crippen LogP contribution in [-0.2, 0) is 27.0 Å². The van der Waals surface area contributed by atoms with Gasteiger partial charge >= 0.3 is 12.1 Å². The van der Waals surface area contributed by atoms with Crippen molar-refractivity contribution < 1.29 is 32.4 Å². The number of esters is 1. The molecule has 0 spiro atoms. The number of nitrogens with one attached hydrogen (secondary N) is 1. The van der Waals surface area contributed by atoms with Crippen LogP contribution in [-0.4, -0.2) is 33.0 Å². The van der Waals surface area contributed by atoms with E-state index < -0.39 is 42.0 Å². The van der Waals surface area contributed by atoms with Gasteiger partial charge in [0.2, 0.25) is 5.82 Å². The quantitative estimate of drug-likeness (QED) is 0.342. The lowest BCUT2D eigenvalue weighted by molar-refractivity contribution is -0.384. The van der Waals surface area contributed by atoms with Gasteiger partial charge in [0.15, 0.2) is 6.61 Å². The molecule has 0 radical (unpaired) electrons. The number of aromatic nitrogens is 2. The minimum absolute atomic E-state index is 0.0354. The number of ether oxygens (including phenoxy) is 1. The van der Waals surface area contributed by atoms with Crippen molar-refractivity contribution in [1.82, 2.24) is 9.55 Å². The summed E-state index contributed by atoms with van der Waals surface area (Å²) in [5, 5.41) is 12.9. The molecule has 3 rings (SSSR count). The van der Waals surface area contributed by atoms with Gasteiger partial charge in [-0.2, -0.15) is 13.2 Å². The van der Waals surface area contributed by atoms with E-state index in [1.54, 1.807) is 0 Å². The zero-order chi connectivity index (χ0) is 22.8. The molecule has 9 nitrogen and oxygen atoms in total. The van der Waals surface area contributed by atoms with Crippen LogP contribution in [0.5, 0.6) is 0 Å². The van der Waals surface area contributed by atoms with Gasteiger partial charge in [0.05, 0.1) is 26.7 Å². The molecule has 0 saturated carbocycles. The van der Waals surface area contributed by atoms with Crippen LogP contribution < -0.4 is 5.32 Å². The number of nitrogens with zero attached hydrogens (tertiary/aromatic N) is 3. The number of benzene rings is 2. The second-order valence-corrected chi connectivity index (χ2v) is 6.55. The van der Waals surface area contributed by atoms with E-state index in [9.17, 15) is 32.9 Å². The molecule has 2 aromatic carbocycles. The number of imidazole rings is 1. The van der Waals surface area contributed by atoms with Gasteiger partial charge in [-0.1, -0.05) is 23.7 Å². The zero-order valence-electron chi connectivity index (χ0n) is 15.4. The maximum Gasteiger partial charge on any atom is 0.449 e. The largest absolute Gasteiger partial charge is 0.454 e. The third-order valence-corrected chi connectivity index (χ3v) is 4.31. The van der Waals surface area contributed by atoms with E-state index in [1.807, 2.05) is 0 Å². The predicted octanol–water partition coefficient (Wildman–Crippen LogP) is 3.80. The number of nitro benzene ring substituents is 1. The van der Waals surface area contributed by atoms with E-state index in [2.05, 4.69) is 10.3 Å². The van der Waals surface area contributed by atoms with Crippen LogP contribution in [0.25, 0.3) is 11.0 Å². The lowest BCUT2D eigenvalue weighted by atomic mass is 10.3. The normalized spacial score (nSPS) is 11.4. The highest BCUT2D eigenvalue weighted by atomic mass is 35.5. The zero-order valence-corrected chi connectivity index (χ0v) is 16.1. The summed E-state index contributed by atoms with van der Waals surface area (Å²) >= 11 is 5.85. The second-order valence-electron chi connectivity index (χ2n) is 6.14. The molecule has 3 aromatic rings. The number of alkyl halides is 3. The molecule has 0 fully saturated rings. The summed E-state index contributed by atoms with van der Waals surface area (Å²) in [6, 6.07) is 9.05. The summed E-state index contributed by atoms with van der Waals surface area (Å²) in [5.41, 5.74) is -0.127. The first-order chi connectivity index (χ1) is 14.6. The summed E-state index contributed by atoms with van der Waals surface area (Å²) in [7, 11) is 0. The fourth-order valence-electron chi connectivity index (χ4n) is 2.68. The Morgan fingerprint density at radius 2 is 1.94 bits per heavy atom. The fourth-order valence-corrected chi connectivity index (χ4v) is 2.90. The van der Waals surface area contributed by atoms with E-state index in [-0.39, 0.29) is 27.4 Å². The van der Waals surface area contributed by atoms with E-state index in [1.165, 1.54) is 30.3 Å². The maximum atomic E-state index is 13.3. The van der Waals surface area contributed by atoms with E-state index in [4.69, 9.17) is 16.3 Å². The number of nitro groups is 1. The first-order valence-corrected chi connectivity index (χ1v) is 8.86. The molecule has 0 aliphatic heterocycles. The molecule has 0 aliphatic carbocycles. The number of fused-ring (bicyclic) bond motifs is 1. The molecule has 0 atom stereocenters. The molecule has 1 N–H and O–H groups in total. The minimum Gasteiger partial charge on any atom is -0.454 e. The number of hydrogen-bond donors (Lipinski definition) is 1. The first-order valence-electron chi connectivity index (χ1n) is 8.48. The molecular formula is C18H12ClF3N4O5. The molecule has 1 heterocycles. The third kappa shape index (κ3) is 5.09. The molecule has 31 heavy (non-hydrogen) atoms. The Morgan fingerprint density at radius 1 is 1.23 bits per heavy atom. The van der Waals surface area contributed by atoms with Crippen molar-refractivity contribution in [2.75, 3.05) is 11.9 Å². The standard InChI is InChI=1S/C18H12ClF3N4O5/c19-11-7-10(26(29)30)5-6-12(11)23-15(27)9-31-16(28)8-25-14-4-2-1-3-13(14)24-17(25)18(20,21)22/h1-7H,8-9H2,(H,23,27). The van der Waals surface area contributed by atoms with Crippen LogP contribution in [0, 0.1) is 10.1 Å². The van der Waals surface area contributed by atoms with Crippen LogP contribution in [0.1, 0.15) is 5.82 Å². The first kappa shape index (κ1) is 22.0. The summed E-state index contributed by atoms with van der Waals surface area (Å²) in [6.45, 7) is -1.62. The lowest BCUT2D eigenvalue weighted by Crippen LogP contribution is -2.25. The van der Waals surface area contributed by atoms with Gasteiger partial charge in [-0.25, -0.2) is 4.98 Å². The van der Waals surface area contributed by atoms with Crippen LogP contribution in [0.15, 0.2) is 42.5 Å². The van der Waals surface area contributed by atoms with Crippen LogP contribution in [0.2, 0.25) is 5.02 Å². The Labute approximate surface area is 176 Å². The van der Waals surface area contributed by atoms with Crippen LogP contribution >= 0.6 is 11.6 Å². The number of non-ortho nitro benzene ring substituents is 1. The van der Waals surface area contributed by atoms with E-state index in [0.29, 0.717) is 4.57 Å². The summed E-state index contributed by atoms with van der Waals surface area (Å²) in [6.07, 6.45) is -4.80. The molecule has 0 aliphatic rings. The predicted molar refractivity (Wildman–Crippen MR) is 102 cm³/mol. The van der Waals surface area contributed by atoms with Crippen molar-refractivity contribution in [1.29, 1.82) is 0 Å². The second kappa shape index (κ2) is 8.60. The summed E-state index contributed by atoms with van der Waals surface area (Å²) < 4.78 is 45.2. The van der Waals surface area contributed by atoms with Crippen molar-refractivity contribution in [3.8, 4) is 0 Å². The average molecular weight is 457 g/mol. The molecule has 0 saturated heterocycles. The SMILES string of the molecule is O=C(COC(=O)Cn1c(C(F)(F)F)nc2ccccc21)Nc1ccc([N+](=O)[O-])cc1Cl. The minimum atomic E-state index is -4.80. The smallest absolute Gasteiger partial charge is 0.449 e. The molecule has 1 aromatic heterocycles. The topological polar surface area (TPSA) is 116 Å². The number of carbonyl (C=O) groups excluding carboxylic acids is 2. The Kier molecular flexibility index (Phi) is 6.11. The molecule has 1 amide bonds. The fraction of sp³-hybridized carbons (Fsp3) is 0.167. The number of amides is 1. The maximum absolute atomic E-state index is 13.3. The van der Waals surface area contributed by atoms with E-state index in [0.717, 1.165) is 12.1 Å². The highest BCUT2D eigenvalue weighted by Gasteiger charge is 2.38. The van der Waals surface area contributed by atoms with Gasteiger partial charge in [-0.05, 0) is 18.2 Å². The number of para-hydroxylation sites is 2. The number of hydrogen-bond acceptors (Lipinski definition) is 6. The third-order valence-electron chi connectivity index (χ3n) is 4.00. The number of halogens is 4. The van der Waals surface area contributed by atoms with Gasteiger partial charge in [-0.3, -0.25) is 19.7 Å². The average Bonchev–Trinajstić information content (AvgIpc) is 3.07.